The van der Waals surface area contributed by atoms with Crippen molar-refractivity contribution in [3.63, 3.8) is 0 Å². The number of benzene rings is 1. The van der Waals surface area contributed by atoms with Gasteiger partial charge in [-0.1, -0.05) is 0 Å². The minimum atomic E-state index is -0.869. The zero-order chi connectivity index (χ0) is 13.4. The minimum absolute atomic E-state index is 0.353. The van der Waals surface area contributed by atoms with Crippen LogP contribution in [0.4, 0.5) is 0 Å². The molecule has 3 rings (SSSR count). The number of carboxylic acid groups (broad SMARTS) is 1. The summed E-state index contributed by atoms with van der Waals surface area (Å²) in [5.41, 5.74) is 2.70. The highest BCUT2D eigenvalue weighted by Gasteiger charge is 2.15. The van der Waals surface area contributed by atoms with E-state index in [1.165, 1.54) is 31.6 Å². The quantitative estimate of drug-likeness (QED) is 0.920. The van der Waals surface area contributed by atoms with E-state index < -0.39 is 5.97 Å². The van der Waals surface area contributed by atoms with Gasteiger partial charge in [0, 0.05) is 30.2 Å². The van der Waals surface area contributed by atoms with E-state index in [0.717, 1.165) is 17.4 Å². The normalized spacial score (nSPS) is 16.3. The lowest BCUT2D eigenvalue weighted by Crippen LogP contribution is -2.19. The average Bonchev–Trinajstić information content (AvgIpc) is 2.99. The van der Waals surface area contributed by atoms with Crippen molar-refractivity contribution in [1.29, 1.82) is 0 Å². The maximum Gasteiger partial charge on any atom is 0.335 e. The molecule has 1 saturated heterocycles. The number of fused-ring (bicyclic) bond motifs is 1. The summed E-state index contributed by atoms with van der Waals surface area (Å²) in [4.78, 5) is 13.5. The van der Waals surface area contributed by atoms with E-state index in [-0.39, 0.29) is 0 Å². The number of carbonyl (C=O) groups is 1. The minimum Gasteiger partial charge on any atom is -0.478 e. The summed E-state index contributed by atoms with van der Waals surface area (Å²) >= 11 is 0. The molecule has 1 fully saturated rings. The Bertz CT molecular complexity index is 624. The largest absolute Gasteiger partial charge is 0.478 e. The Morgan fingerprint density at radius 3 is 2.68 bits per heavy atom. The molecule has 1 aromatic heterocycles. The van der Waals surface area contributed by atoms with Gasteiger partial charge in [-0.15, -0.1) is 0 Å². The molecule has 0 aliphatic carbocycles. The number of nitrogens with zero attached hydrogens (tertiary/aromatic N) is 2. The maximum atomic E-state index is 11.0. The lowest BCUT2D eigenvalue weighted by atomic mass is 10.1. The molecule has 0 spiro atoms. The van der Waals surface area contributed by atoms with Crippen LogP contribution >= 0.6 is 0 Å². The van der Waals surface area contributed by atoms with Gasteiger partial charge in [0.25, 0.3) is 0 Å². The third-order valence-electron chi connectivity index (χ3n) is 3.97. The van der Waals surface area contributed by atoms with Gasteiger partial charge < -0.3 is 9.67 Å². The SMILES string of the molecule is Cn1c(CN2CCCC2)cc2cc(C(=O)O)ccc21. The summed E-state index contributed by atoms with van der Waals surface area (Å²) < 4.78 is 2.17. The molecule has 1 N–H and O–H groups in total. The van der Waals surface area contributed by atoms with Crippen molar-refractivity contribution in [2.45, 2.75) is 19.4 Å². The van der Waals surface area contributed by atoms with Crippen LogP contribution in [0.15, 0.2) is 24.3 Å². The Morgan fingerprint density at radius 2 is 2.00 bits per heavy atom. The fourth-order valence-corrected chi connectivity index (χ4v) is 2.86. The molecule has 1 aromatic carbocycles. The fourth-order valence-electron chi connectivity index (χ4n) is 2.86. The predicted molar refractivity (Wildman–Crippen MR) is 74.4 cm³/mol. The summed E-state index contributed by atoms with van der Waals surface area (Å²) in [6.45, 7) is 3.29. The fraction of sp³-hybridized carbons (Fsp3) is 0.400. The molecule has 0 saturated carbocycles. The average molecular weight is 258 g/mol. The Morgan fingerprint density at radius 1 is 1.26 bits per heavy atom. The van der Waals surface area contributed by atoms with Gasteiger partial charge in [-0.3, -0.25) is 4.90 Å². The van der Waals surface area contributed by atoms with Crippen molar-refractivity contribution in [2.24, 2.45) is 7.05 Å². The predicted octanol–water partition coefficient (Wildman–Crippen LogP) is 2.47. The van der Waals surface area contributed by atoms with Gasteiger partial charge in [-0.25, -0.2) is 4.79 Å². The molecule has 0 radical (unpaired) electrons. The zero-order valence-corrected chi connectivity index (χ0v) is 11.1. The summed E-state index contributed by atoms with van der Waals surface area (Å²) in [5, 5.41) is 10.0. The highest BCUT2D eigenvalue weighted by molar-refractivity contribution is 5.94. The molecule has 0 atom stereocenters. The molecule has 4 heteroatoms. The van der Waals surface area contributed by atoms with Gasteiger partial charge in [-0.05, 0) is 50.2 Å². The zero-order valence-electron chi connectivity index (χ0n) is 11.1. The first-order chi connectivity index (χ1) is 9.15. The molecule has 0 bridgehead atoms. The second kappa shape index (κ2) is 4.70. The highest BCUT2D eigenvalue weighted by Crippen LogP contribution is 2.22. The molecule has 1 aliphatic rings. The molecular formula is C15H18N2O2. The first-order valence-corrected chi connectivity index (χ1v) is 6.69. The van der Waals surface area contributed by atoms with Crippen molar-refractivity contribution in [3.8, 4) is 0 Å². The van der Waals surface area contributed by atoms with Crippen molar-refractivity contribution in [2.75, 3.05) is 13.1 Å². The summed E-state index contributed by atoms with van der Waals surface area (Å²) in [5.74, 6) is -0.869. The standard InChI is InChI=1S/C15H18N2O2/c1-16-13(10-17-6-2-3-7-17)9-12-8-11(15(18)19)4-5-14(12)16/h4-5,8-9H,2-3,6-7,10H2,1H3,(H,18,19). The summed E-state index contributed by atoms with van der Waals surface area (Å²) in [7, 11) is 2.05. The third-order valence-corrected chi connectivity index (χ3v) is 3.97. The van der Waals surface area contributed by atoms with E-state index in [4.69, 9.17) is 5.11 Å². The van der Waals surface area contributed by atoms with E-state index in [0.29, 0.717) is 5.56 Å². The molecule has 0 amide bonds. The van der Waals surface area contributed by atoms with Crippen LogP contribution in [0.5, 0.6) is 0 Å². The number of carboxylic acids is 1. The van der Waals surface area contributed by atoms with Crippen molar-refractivity contribution < 1.29 is 9.90 Å². The Balaban J connectivity index is 1.96. The molecule has 1 aliphatic heterocycles. The summed E-state index contributed by atoms with van der Waals surface area (Å²) in [6, 6.07) is 7.43. The van der Waals surface area contributed by atoms with E-state index in [2.05, 4.69) is 15.5 Å². The van der Waals surface area contributed by atoms with Crippen LogP contribution in [0.25, 0.3) is 10.9 Å². The van der Waals surface area contributed by atoms with Gasteiger partial charge in [0.2, 0.25) is 0 Å². The lowest BCUT2D eigenvalue weighted by Gasteiger charge is -2.14. The van der Waals surface area contributed by atoms with Crippen LogP contribution in [0.3, 0.4) is 0 Å². The van der Waals surface area contributed by atoms with Crippen molar-refractivity contribution in [1.82, 2.24) is 9.47 Å². The first-order valence-electron chi connectivity index (χ1n) is 6.69. The summed E-state index contributed by atoms with van der Waals surface area (Å²) in [6.07, 6.45) is 2.57. The Hall–Kier alpha value is -1.81. The molecule has 100 valence electrons. The van der Waals surface area contributed by atoms with E-state index >= 15 is 0 Å². The molecule has 19 heavy (non-hydrogen) atoms. The number of aryl methyl sites for hydroxylation is 1. The van der Waals surface area contributed by atoms with Crippen LogP contribution < -0.4 is 0 Å². The number of rotatable bonds is 3. The van der Waals surface area contributed by atoms with Gasteiger partial charge in [0.05, 0.1) is 5.56 Å². The maximum absolute atomic E-state index is 11.0. The number of hydrogen-bond donors (Lipinski definition) is 1. The smallest absolute Gasteiger partial charge is 0.335 e. The third kappa shape index (κ3) is 2.24. The number of likely N-dealkylation sites (tertiary alicyclic amines) is 1. The highest BCUT2D eigenvalue weighted by atomic mass is 16.4. The van der Waals surface area contributed by atoms with Gasteiger partial charge in [-0.2, -0.15) is 0 Å². The molecule has 2 heterocycles. The van der Waals surface area contributed by atoms with Crippen LogP contribution in [-0.2, 0) is 13.6 Å². The number of hydrogen-bond acceptors (Lipinski definition) is 2. The van der Waals surface area contributed by atoms with E-state index in [1.54, 1.807) is 12.1 Å². The van der Waals surface area contributed by atoms with Crippen LogP contribution in [0, 0.1) is 0 Å². The number of aromatic carboxylic acids is 1. The Labute approximate surface area is 112 Å². The first kappa shape index (κ1) is 12.2. The van der Waals surface area contributed by atoms with Crippen molar-refractivity contribution >= 4 is 16.9 Å². The number of aromatic nitrogens is 1. The van der Waals surface area contributed by atoms with Gasteiger partial charge in [0.1, 0.15) is 0 Å². The van der Waals surface area contributed by atoms with Crippen LogP contribution in [0.1, 0.15) is 28.9 Å². The lowest BCUT2D eigenvalue weighted by molar-refractivity contribution is 0.0697. The monoisotopic (exact) mass is 258 g/mol. The van der Waals surface area contributed by atoms with Crippen molar-refractivity contribution in [3.05, 3.63) is 35.5 Å². The van der Waals surface area contributed by atoms with Gasteiger partial charge in [0.15, 0.2) is 0 Å². The van der Waals surface area contributed by atoms with Crippen LogP contribution in [-0.4, -0.2) is 33.6 Å². The van der Waals surface area contributed by atoms with Gasteiger partial charge >= 0.3 is 5.97 Å². The Kier molecular flexibility index (Phi) is 3.03. The second-order valence-electron chi connectivity index (χ2n) is 5.26. The van der Waals surface area contributed by atoms with Crippen LogP contribution in [0.2, 0.25) is 0 Å². The van der Waals surface area contributed by atoms with E-state index in [9.17, 15) is 4.79 Å². The molecular weight excluding hydrogens is 240 g/mol. The molecule has 2 aromatic rings. The topological polar surface area (TPSA) is 45.5 Å². The molecule has 0 unspecified atom stereocenters. The van der Waals surface area contributed by atoms with E-state index in [1.807, 2.05) is 13.1 Å². The molecule has 4 nitrogen and oxygen atoms in total. The second-order valence-corrected chi connectivity index (χ2v) is 5.26.